The molecule has 2 aromatic rings. The number of nitrogens with one attached hydrogen (secondary N) is 3. The number of carbonyl (C=O) groups excluding carboxylic acids is 2. The van der Waals surface area contributed by atoms with E-state index >= 15 is 0 Å². The molecule has 3 amide bonds. The van der Waals surface area contributed by atoms with Gasteiger partial charge in [0.05, 0.1) is 0 Å². The average Bonchev–Trinajstić information content (AvgIpc) is 2.77. The van der Waals surface area contributed by atoms with Gasteiger partial charge in [-0.05, 0) is 69.1 Å². The minimum atomic E-state index is -0.108. The maximum Gasteiger partial charge on any atom is 0.315 e. The molecular weight excluding hydrogens is 374 g/mol. The summed E-state index contributed by atoms with van der Waals surface area (Å²) in [5, 5.41) is 9.00. The lowest BCUT2D eigenvalue weighted by Gasteiger charge is -2.28. The van der Waals surface area contributed by atoms with Crippen molar-refractivity contribution in [2.75, 3.05) is 13.1 Å². The van der Waals surface area contributed by atoms with Gasteiger partial charge >= 0.3 is 6.03 Å². The van der Waals surface area contributed by atoms with Crippen molar-refractivity contribution < 1.29 is 9.59 Å². The van der Waals surface area contributed by atoms with Crippen LogP contribution in [0.25, 0.3) is 0 Å². The lowest BCUT2D eigenvalue weighted by atomic mass is 9.82. The summed E-state index contributed by atoms with van der Waals surface area (Å²) in [6, 6.07) is 15.7. The van der Waals surface area contributed by atoms with Crippen molar-refractivity contribution in [3.63, 3.8) is 0 Å². The molecule has 1 aliphatic rings. The van der Waals surface area contributed by atoms with Gasteiger partial charge in [0.1, 0.15) is 0 Å². The number of urea groups is 1. The van der Waals surface area contributed by atoms with Crippen LogP contribution in [0.1, 0.15) is 52.7 Å². The largest absolute Gasteiger partial charge is 0.352 e. The third-order valence-corrected chi connectivity index (χ3v) is 5.96. The molecule has 0 aromatic heterocycles. The minimum Gasteiger partial charge on any atom is -0.352 e. The third-order valence-electron chi connectivity index (χ3n) is 5.96. The number of hydrogen-bond donors (Lipinski definition) is 3. The van der Waals surface area contributed by atoms with E-state index in [9.17, 15) is 9.59 Å². The first-order valence-corrected chi connectivity index (χ1v) is 10.9. The Morgan fingerprint density at radius 2 is 1.23 bits per heavy atom. The van der Waals surface area contributed by atoms with Crippen molar-refractivity contribution in [3.05, 3.63) is 70.8 Å². The Labute approximate surface area is 179 Å². The molecule has 5 heteroatoms. The molecule has 0 bridgehead atoms. The van der Waals surface area contributed by atoms with Gasteiger partial charge in [0, 0.05) is 25.2 Å². The molecule has 0 saturated heterocycles. The number of rotatable bonds is 7. The molecule has 0 heterocycles. The molecule has 160 valence electrons. The van der Waals surface area contributed by atoms with Crippen LogP contribution in [-0.4, -0.2) is 25.0 Å². The lowest BCUT2D eigenvalue weighted by molar-refractivity contribution is 0.0941. The van der Waals surface area contributed by atoms with Crippen LogP contribution in [0.5, 0.6) is 0 Å². The van der Waals surface area contributed by atoms with E-state index in [4.69, 9.17) is 0 Å². The van der Waals surface area contributed by atoms with E-state index in [1.165, 1.54) is 5.56 Å². The van der Waals surface area contributed by atoms with E-state index in [0.29, 0.717) is 24.9 Å². The van der Waals surface area contributed by atoms with Gasteiger partial charge in [-0.15, -0.1) is 0 Å². The fraction of sp³-hybridized carbons (Fsp3) is 0.440. The molecule has 0 atom stereocenters. The summed E-state index contributed by atoms with van der Waals surface area (Å²) < 4.78 is 0. The summed E-state index contributed by atoms with van der Waals surface area (Å²) in [6.45, 7) is 6.05. The van der Waals surface area contributed by atoms with Gasteiger partial charge in [-0.25, -0.2) is 4.79 Å². The molecule has 30 heavy (non-hydrogen) atoms. The molecule has 3 N–H and O–H groups in total. The van der Waals surface area contributed by atoms with Crippen LogP contribution >= 0.6 is 0 Å². The smallest absolute Gasteiger partial charge is 0.315 e. The predicted molar refractivity (Wildman–Crippen MR) is 120 cm³/mol. The van der Waals surface area contributed by atoms with Gasteiger partial charge in [0.2, 0.25) is 0 Å². The van der Waals surface area contributed by atoms with Gasteiger partial charge in [-0.1, -0.05) is 47.5 Å². The van der Waals surface area contributed by atoms with Crippen molar-refractivity contribution >= 4 is 11.9 Å². The fourth-order valence-electron chi connectivity index (χ4n) is 3.87. The zero-order valence-electron chi connectivity index (χ0n) is 18.0. The Bertz CT molecular complexity index is 822. The topological polar surface area (TPSA) is 70.2 Å². The standard InChI is InChI=1S/C25H33N3O2/c1-18-3-7-20(8-4-18)16-27-25(30)28-17-22-11-9-21(10-12-22)15-26-24(29)23-13-5-19(2)6-14-23/h3-8,13-14,21-22H,9-12,15-17H2,1-2H3,(H,26,29)(H2,27,28,30). The van der Waals surface area contributed by atoms with Crippen molar-refractivity contribution in [2.24, 2.45) is 11.8 Å². The molecule has 5 nitrogen and oxygen atoms in total. The van der Waals surface area contributed by atoms with E-state index in [0.717, 1.165) is 48.9 Å². The molecule has 3 rings (SSSR count). The summed E-state index contributed by atoms with van der Waals surface area (Å²) in [7, 11) is 0. The van der Waals surface area contributed by atoms with Crippen LogP contribution in [0.2, 0.25) is 0 Å². The van der Waals surface area contributed by atoms with Crippen molar-refractivity contribution in [1.29, 1.82) is 0 Å². The van der Waals surface area contributed by atoms with E-state index in [1.807, 2.05) is 43.3 Å². The summed E-state index contributed by atoms with van der Waals surface area (Å²) in [5.41, 5.74) is 4.19. The number of aryl methyl sites for hydroxylation is 2. The Kier molecular flexibility index (Phi) is 7.89. The Morgan fingerprint density at radius 3 is 1.80 bits per heavy atom. The molecule has 0 aliphatic heterocycles. The second-order valence-electron chi connectivity index (χ2n) is 8.51. The summed E-state index contributed by atoms with van der Waals surface area (Å²) in [5.74, 6) is 1.04. The normalized spacial score (nSPS) is 18.5. The second-order valence-corrected chi connectivity index (χ2v) is 8.51. The number of hydrogen-bond acceptors (Lipinski definition) is 2. The van der Waals surface area contributed by atoms with Crippen LogP contribution in [0, 0.1) is 25.7 Å². The molecule has 2 aromatic carbocycles. The molecule has 1 fully saturated rings. The highest BCUT2D eigenvalue weighted by atomic mass is 16.2. The van der Waals surface area contributed by atoms with Crippen molar-refractivity contribution in [3.8, 4) is 0 Å². The highest BCUT2D eigenvalue weighted by Crippen LogP contribution is 2.28. The number of carbonyl (C=O) groups is 2. The maximum atomic E-state index is 12.3. The number of benzene rings is 2. The highest BCUT2D eigenvalue weighted by molar-refractivity contribution is 5.94. The quantitative estimate of drug-likeness (QED) is 0.639. The molecular formula is C25H33N3O2. The number of amides is 3. The fourth-order valence-corrected chi connectivity index (χ4v) is 3.87. The Balaban J connectivity index is 1.29. The summed E-state index contributed by atoms with van der Waals surface area (Å²) in [4.78, 5) is 24.3. The monoisotopic (exact) mass is 407 g/mol. The molecule has 0 spiro atoms. The molecule has 0 unspecified atom stereocenters. The first-order valence-electron chi connectivity index (χ1n) is 10.9. The van der Waals surface area contributed by atoms with E-state index < -0.39 is 0 Å². The second kappa shape index (κ2) is 10.8. The molecule has 0 radical (unpaired) electrons. The van der Waals surface area contributed by atoms with E-state index in [-0.39, 0.29) is 11.9 Å². The van der Waals surface area contributed by atoms with E-state index in [1.54, 1.807) is 0 Å². The van der Waals surface area contributed by atoms with Gasteiger partial charge in [0.25, 0.3) is 5.91 Å². The van der Waals surface area contributed by atoms with Crippen LogP contribution < -0.4 is 16.0 Å². The first kappa shape index (κ1) is 21.9. The Hall–Kier alpha value is -2.82. The Morgan fingerprint density at radius 1 is 0.733 bits per heavy atom. The SMILES string of the molecule is Cc1ccc(CNC(=O)NCC2CCC(CNC(=O)c3ccc(C)cc3)CC2)cc1. The summed E-state index contributed by atoms with van der Waals surface area (Å²) in [6.07, 6.45) is 4.35. The van der Waals surface area contributed by atoms with Gasteiger partial charge in [-0.2, -0.15) is 0 Å². The molecule has 1 aliphatic carbocycles. The zero-order chi connectivity index (χ0) is 21.3. The minimum absolute atomic E-state index is 0.00374. The van der Waals surface area contributed by atoms with Gasteiger partial charge < -0.3 is 16.0 Å². The zero-order valence-corrected chi connectivity index (χ0v) is 18.0. The highest BCUT2D eigenvalue weighted by Gasteiger charge is 2.22. The van der Waals surface area contributed by atoms with E-state index in [2.05, 4.69) is 35.0 Å². The van der Waals surface area contributed by atoms with Crippen LogP contribution in [-0.2, 0) is 6.54 Å². The van der Waals surface area contributed by atoms with Gasteiger partial charge in [-0.3, -0.25) is 4.79 Å². The van der Waals surface area contributed by atoms with Crippen LogP contribution in [0.4, 0.5) is 4.79 Å². The first-order chi connectivity index (χ1) is 14.5. The lowest BCUT2D eigenvalue weighted by Crippen LogP contribution is -2.39. The maximum absolute atomic E-state index is 12.3. The van der Waals surface area contributed by atoms with Crippen molar-refractivity contribution in [1.82, 2.24) is 16.0 Å². The predicted octanol–water partition coefficient (Wildman–Crippen LogP) is 4.34. The molecule has 1 saturated carbocycles. The third kappa shape index (κ3) is 6.90. The van der Waals surface area contributed by atoms with Gasteiger partial charge in [0.15, 0.2) is 0 Å². The van der Waals surface area contributed by atoms with Crippen LogP contribution in [0.3, 0.4) is 0 Å². The van der Waals surface area contributed by atoms with Crippen molar-refractivity contribution in [2.45, 2.75) is 46.1 Å². The summed E-state index contributed by atoms with van der Waals surface area (Å²) >= 11 is 0. The van der Waals surface area contributed by atoms with Crippen LogP contribution in [0.15, 0.2) is 48.5 Å². The average molecular weight is 408 g/mol.